The minimum absolute atomic E-state index is 0.183. The Balaban J connectivity index is 2.80. The van der Waals surface area contributed by atoms with Crippen molar-refractivity contribution in [3.05, 3.63) is 35.6 Å². The quantitative estimate of drug-likeness (QED) is 0.809. The first-order valence-electron chi connectivity index (χ1n) is 5.61. The van der Waals surface area contributed by atoms with Crippen LogP contribution in [0.15, 0.2) is 24.3 Å². The fraction of sp³-hybridized carbons (Fsp3) is 0.462. The highest BCUT2D eigenvalue weighted by molar-refractivity contribution is 5.68. The molecule has 0 radical (unpaired) electrons. The van der Waals surface area contributed by atoms with Gasteiger partial charge in [0.05, 0.1) is 12.1 Å². The largest absolute Gasteiger partial charge is 0.447 e. The second-order valence-corrected chi connectivity index (χ2v) is 4.24. The van der Waals surface area contributed by atoms with Crippen molar-refractivity contribution in [2.45, 2.75) is 32.9 Å². The van der Waals surface area contributed by atoms with Crippen LogP contribution in [-0.4, -0.2) is 24.1 Å². The molecular formula is C13H18FNO2. The number of carbonyl (C=O) groups is 1. The number of rotatable bonds is 3. The van der Waals surface area contributed by atoms with Gasteiger partial charge in [0.1, 0.15) is 5.82 Å². The molecule has 1 aromatic rings. The van der Waals surface area contributed by atoms with E-state index in [2.05, 4.69) is 0 Å². The van der Waals surface area contributed by atoms with E-state index >= 15 is 0 Å². The van der Waals surface area contributed by atoms with Crippen molar-refractivity contribution in [3.63, 3.8) is 0 Å². The van der Waals surface area contributed by atoms with Crippen molar-refractivity contribution >= 4 is 6.09 Å². The van der Waals surface area contributed by atoms with Gasteiger partial charge in [-0.3, -0.25) is 0 Å². The summed E-state index contributed by atoms with van der Waals surface area (Å²) in [5, 5.41) is 0. The van der Waals surface area contributed by atoms with Gasteiger partial charge in [-0.1, -0.05) is 18.2 Å². The molecule has 0 aliphatic heterocycles. The average Bonchev–Trinajstić information content (AvgIpc) is 2.27. The Bertz CT molecular complexity index is 393. The zero-order valence-corrected chi connectivity index (χ0v) is 10.6. The number of ether oxygens (including phenoxy) is 1. The number of hydrogen-bond acceptors (Lipinski definition) is 2. The van der Waals surface area contributed by atoms with Crippen LogP contribution in [0.5, 0.6) is 0 Å². The second kappa shape index (κ2) is 5.66. The highest BCUT2D eigenvalue weighted by Gasteiger charge is 2.21. The van der Waals surface area contributed by atoms with Crippen molar-refractivity contribution in [2.75, 3.05) is 7.05 Å². The van der Waals surface area contributed by atoms with Gasteiger partial charge in [0, 0.05) is 12.6 Å². The van der Waals surface area contributed by atoms with Crippen LogP contribution in [0.3, 0.4) is 0 Å². The van der Waals surface area contributed by atoms with Crippen molar-refractivity contribution < 1.29 is 13.9 Å². The molecule has 1 unspecified atom stereocenters. The van der Waals surface area contributed by atoms with Gasteiger partial charge in [0.2, 0.25) is 0 Å². The molecule has 3 nitrogen and oxygen atoms in total. The molecule has 94 valence electrons. The Labute approximate surface area is 101 Å². The van der Waals surface area contributed by atoms with Crippen LogP contribution in [-0.2, 0) is 4.74 Å². The molecular weight excluding hydrogens is 221 g/mol. The molecule has 0 saturated heterocycles. The summed E-state index contributed by atoms with van der Waals surface area (Å²) in [4.78, 5) is 13.0. The third-order valence-electron chi connectivity index (χ3n) is 2.56. The number of benzene rings is 1. The molecule has 0 aliphatic carbocycles. The summed E-state index contributed by atoms with van der Waals surface area (Å²) in [5.74, 6) is -0.316. The van der Waals surface area contributed by atoms with E-state index in [1.54, 1.807) is 46.0 Å². The lowest BCUT2D eigenvalue weighted by Gasteiger charge is -2.25. The first kappa shape index (κ1) is 13.5. The molecule has 0 saturated carbocycles. The van der Waals surface area contributed by atoms with Gasteiger partial charge in [-0.25, -0.2) is 9.18 Å². The smallest absolute Gasteiger partial charge is 0.410 e. The van der Waals surface area contributed by atoms with E-state index in [1.165, 1.54) is 11.0 Å². The van der Waals surface area contributed by atoms with Gasteiger partial charge < -0.3 is 9.64 Å². The van der Waals surface area contributed by atoms with Crippen LogP contribution < -0.4 is 0 Å². The number of amides is 1. The molecule has 0 fully saturated rings. The normalized spacial score (nSPS) is 12.4. The Morgan fingerprint density at radius 3 is 2.41 bits per heavy atom. The molecule has 0 aliphatic rings. The predicted octanol–water partition coefficient (Wildman–Crippen LogP) is 3.36. The zero-order valence-electron chi connectivity index (χ0n) is 10.6. The Kier molecular flexibility index (Phi) is 4.49. The van der Waals surface area contributed by atoms with Crippen LogP contribution >= 0.6 is 0 Å². The van der Waals surface area contributed by atoms with E-state index in [0.717, 1.165) is 0 Å². The monoisotopic (exact) mass is 239 g/mol. The zero-order chi connectivity index (χ0) is 13.0. The number of carbonyl (C=O) groups excluding carboxylic acids is 1. The Morgan fingerprint density at radius 2 is 1.88 bits per heavy atom. The molecule has 0 heterocycles. The standard InChI is InChI=1S/C13H18FNO2/c1-9(2)17-13(16)15(4)10(3)11-7-5-6-8-12(11)14/h5-10H,1-4H3. The summed E-state index contributed by atoms with van der Waals surface area (Å²) in [7, 11) is 1.60. The van der Waals surface area contributed by atoms with Gasteiger partial charge in [0.25, 0.3) is 0 Å². The Morgan fingerprint density at radius 1 is 1.29 bits per heavy atom. The first-order valence-corrected chi connectivity index (χ1v) is 5.61. The lowest BCUT2D eigenvalue weighted by molar-refractivity contribution is 0.0740. The first-order chi connectivity index (χ1) is 7.93. The molecule has 0 aromatic heterocycles. The van der Waals surface area contributed by atoms with E-state index in [0.29, 0.717) is 5.56 Å². The molecule has 0 bridgehead atoms. The molecule has 1 aromatic carbocycles. The van der Waals surface area contributed by atoms with Crippen LogP contribution in [0, 0.1) is 5.82 Å². The maximum Gasteiger partial charge on any atom is 0.410 e. The van der Waals surface area contributed by atoms with Crippen LogP contribution in [0.2, 0.25) is 0 Å². The number of hydrogen-bond donors (Lipinski definition) is 0. The van der Waals surface area contributed by atoms with Crippen molar-refractivity contribution in [3.8, 4) is 0 Å². The molecule has 4 heteroatoms. The fourth-order valence-electron chi connectivity index (χ4n) is 1.47. The van der Waals surface area contributed by atoms with E-state index < -0.39 is 6.09 Å². The summed E-state index contributed by atoms with van der Waals surface area (Å²) in [6.45, 7) is 5.32. The maximum absolute atomic E-state index is 13.5. The topological polar surface area (TPSA) is 29.5 Å². The van der Waals surface area contributed by atoms with Crippen molar-refractivity contribution in [1.82, 2.24) is 4.90 Å². The van der Waals surface area contributed by atoms with E-state index in [-0.39, 0.29) is 18.0 Å². The van der Waals surface area contributed by atoms with Gasteiger partial charge >= 0.3 is 6.09 Å². The molecule has 0 N–H and O–H groups in total. The van der Waals surface area contributed by atoms with Gasteiger partial charge in [-0.15, -0.1) is 0 Å². The summed E-state index contributed by atoms with van der Waals surface area (Å²) < 4.78 is 18.6. The summed E-state index contributed by atoms with van der Waals surface area (Å²) >= 11 is 0. The van der Waals surface area contributed by atoms with Crippen LogP contribution in [0.25, 0.3) is 0 Å². The summed E-state index contributed by atoms with van der Waals surface area (Å²) in [6, 6.07) is 6.06. The highest BCUT2D eigenvalue weighted by atomic mass is 19.1. The van der Waals surface area contributed by atoms with E-state index in [4.69, 9.17) is 4.74 Å². The van der Waals surface area contributed by atoms with Gasteiger partial charge in [-0.2, -0.15) is 0 Å². The number of nitrogens with zero attached hydrogens (tertiary/aromatic N) is 1. The Hall–Kier alpha value is -1.58. The van der Waals surface area contributed by atoms with Gasteiger partial charge in [0.15, 0.2) is 0 Å². The average molecular weight is 239 g/mol. The third kappa shape index (κ3) is 3.44. The second-order valence-electron chi connectivity index (χ2n) is 4.24. The minimum atomic E-state index is -0.448. The van der Waals surface area contributed by atoms with Crippen molar-refractivity contribution in [1.29, 1.82) is 0 Å². The predicted molar refractivity (Wildman–Crippen MR) is 64.2 cm³/mol. The SMILES string of the molecule is CC(C)OC(=O)N(C)C(C)c1ccccc1F. The van der Waals surface area contributed by atoms with Crippen LogP contribution in [0.1, 0.15) is 32.4 Å². The van der Waals surface area contributed by atoms with E-state index in [9.17, 15) is 9.18 Å². The lowest BCUT2D eigenvalue weighted by Crippen LogP contribution is -2.32. The lowest BCUT2D eigenvalue weighted by atomic mass is 10.1. The fourth-order valence-corrected chi connectivity index (χ4v) is 1.47. The molecule has 1 atom stereocenters. The minimum Gasteiger partial charge on any atom is -0.447 e. The van der Waals surface area contributed by atoms with Gasteiger partial charge in [-0.05, 0) is 26.8 Å². The summed E-state index contributed by atoms with van der Waals surface area (Å²) in [6.07, 6.45) is -0.631. The summed E-state index contributed by atoms with van der Waals surface area (Å²) in [5.41, 5.74) is 0.482. The maximum atomic E-state index is 13.5. The molecule has 0 spiro atoms. The number of halogens is 1. The van der Waals surface area contributed by atoms with Crippen LogP contribution in [0.4, 0.5) is 9.18 Å². The third-order valence-corrected chi connectivity index (χ3v) is 2.56. The molecule has 1 rings (SSSR count). The molecule has 17 heavy (non-hydrogen) atoms. The van der Waals surface area contributed by atoms with Crippen molar-refractivity contribution in [2.24, 2.45) is 0 Å². The molecule has 1 amide bonds. The highest BCUT2D eigenvalue weighted by Crippen LogP contribution is 2.22. The van der Waals surface area contributed by atoms with E-state index in [1.807, 2.05) is 0 Å².